The van der Waals surface area contributed by atoms with Crippen LogP contribution >= 0.6 is 0 Å². The van der Waals surface area contributed by atoms with Gasteiger partial charge in [0.2, 0.25) is 0 Å². The van der Waals surface area contributed by atoms with Crippen LogP contribution in [0.4, 0.5) is 0 Å². The van der Waals surface area contributed by atoms with Gasteiger partial charge in [0, 0.05) is 6.42 Å². The summed E-state index contributed by atoms with van der Waals surface area (Å²) in [6, 6.07) is 19.1. The molecule has 0 bridgehead atoms. The molecule has 92 valence electrons. The summed E-state index contributed by atoms with van der Waals surface area (Å²) in [5.41, 5.74) is 2.72. The van der Waals surface area contributed by atoms with Crippen LogP contribution in [0.25, 0.3) is 0 Å². The normalized spacial score (nSPS) is 18.6. The second-order valence-electron chi connectivity index (χ2n) is 4.93. The first kappa shape index (κ1) is 11.3. The Balaban J connectivity index is 1.75. The molecule has 1 unspecified atom stereocenters. The number of aryl methyl sites for hydroxylation is 1. The highest BCUT2D eigenvalue weighted by Crippen LogP contribution is 2.27. The molecular weight excluding hydrogens is 220 g/mol. The zero-order valence-corrected chi connectivity index (χ0v) is 10.5. The first-order valence-electron chi connectivity index (χ1n) is 6.70. The topological polar surface area (TPSA) is 9.23 Å². The first-order chi connectivity index (χ1) is 8.92. The minimum absolute atomic E-state index is 0.316. The van der Waals surface area contributed by atoms with Crippen LogP contribution in [-0.4, -0.2) is 6.10 Å². The largest absolute Gasteiger partial charge is 0.490 e. The highest BCUT2D eigenvalue weighted by atomic mass is 16.5. The van der Waals surface area contributed by atoms with Crippen molar-refractivity contribution in [3.63, 3.8) is 0 Å². The van der Waals surface area contributed by atoms with E-state index in [4.69, 9.17) is 4.74 Å². The zero-order chi connectivity index (χ0) is 12.2. The van der Waals surface area contributed by atoms with Gasteiger partial charge in [0.15, 0.2) is 0 Å². The minimum atomic E-state index is 0.316. The Morgan fingerprint density at radius 3 is 2.61 bits per heavy atom. The van der Waals surface area contributed by atoms with Crippen LogP contribution in [0.1, 0.15) is 24.0 Å². The van der Waals surface area contributed by atoms with Gasteiger partial charge in [-0.3, -0.25) is 0 Å². The van der Waals surface area contributed by atoms with Crippen molar-refractivity contribution in [2.24, 2.45) is 0 Å². The van der Waals surface area contributed by atoms with Gasteiger partial charge in [0.05, 0.1) is 0 Å². The number of fused-ring (bicyclic) bond motifs is 1. The number of para-hydroxylation sites is 1. The second kappa shape index (κ2) is 5.26. The maximum Gasteiger partial charge on any atom is 0.122 e. The molecule has 0 spiro atoms. The van der Waals surface area contributed by atoms with E-state index < -0.39 is 0 Å². The zero-order valence-electron chi connectivity index (χ0n) is 10.5. The highest BCUT2D eigenvalue weighted by molar-refractivity contribution is 5.34. The predicted molar refractivity (Wildman–Crippen MR) is 73.9 cm³/mol. The lowest BCUT2D eigenvalue weighted by Gasteiger charge is -2.17. The van der Waals surface area contributed by atoms with E-state index in [1.807, 2.05) is 0 Å². The van der Waals surface area contributed by atoms with E-state index in [0.29, 0.717) is 6.10 Å². The van der Waals surface area contributed by atoms with Crippen molar-refractivity contribution < 1.29 is 4.74 Å². The van der Waals surface area contributed by atoms with Gasteiger partial charge in [-0.15, -0.1) is 0 Å². The molecule has 1 aliphatic heterocycles. The van der Waals surface area contributed by atoms with E-state index in [-0.39, 0.29) is 0 Å². The standard InChI is InChI=1S/C17H18O/c1-2-7-14(8-3-1)13-16-11-6-10-15-9-4-5-12-17(15)18-16/h1-5,7-9,12,16H,6,10-11,13H2. The van der Waals surface area contributed by atoms with Crippen LogP contribution in [0, 0.1) is 0 Å². The number of ether oxygens (including phenoxy) is 1. The highest BCUT2D eigenvalue weighted by Gasteiger charge is 2.17. The van der Waals surface area contributed by atoms with Crippen LogP contribution in [-0.2, 0) is 12.8 Å². The van der Waals surface area contributed by atoms with Crippen molar-refractivity contribution in [1.82, 2.24) is 0 Å². The molecule has 2 aromatic carbocycles. The van der Waals surface area contributed by atoms with Crippen molar-refractivity contribution in [2.75, 3.05) is 0 Å². The molecule has 1 heterocycles. The summed E-state index contributed by atoms with van der Waals surface area (Å²) < 4.78 is 6.16. The van der Waals surface area contributed by atoms with Crippen molar-refractivity contribution in [1.29, 1.82) is 0 Å². The molecule has 1 heteroatoms. The van der Waals surface area contributed by atoms with Gasteiger partial charge in [-0.1, -0.05) is 48.5 Å². The average molecular weight is 238 g/mol. The number of hydrogen-bond donors (Lipinski definition) is 0. The van der Waals surface area contributed by atoms with Crippen molar-refractivity contribution in [3.8, 4) is 5.75 Å². The predicted octanol–water partition coefficient (Wildman–Crippen LogP) is 4.01. The smallest absolute Gasteiger partial charge is 0.122 e. The van der Waals surface area contributed by atoms with Gasteiger partial charge in [-0.05, 0) is 36.5 Å². The lowest BCUT2D eigenvalue weighted by atomic mass is 10.0. The summed E-state index contributed by atoms with van der Waals surface area (Å²) >= 11 is 0. The molecule has 0 aromatic heterocycles. The summed E-state index contributed by atoms with van der Waals surface area (Å²) in [5, 5.41) is 0. The maximum atomic E-state index is 6.16. The lowest BCUT2D eigenvalue weighted by Crippen LogP contribution is -2.18. The molecule has 0 aliphatic carbocycles. The van der Waals surface area contributed by atoms with E-state index in [0.717, 1.165) is 25.0 Å². The van der Waals surface area contributed by atoms with Gasteiger partial charge in [0.1, 0.15) is 11.9 Å². The Morgan fingerprint density at radius 1 is 0.944 bits per heavy atom. The molecule has 18 heavy (non-hydrogen) atoms. The Labute approximate surface area is 108 Å². The molecule has 1 atom stereocenters. The molecule has 2 aromatic rings. The Bertz CT molecular complexity index is 504. The van der Waals surface area contributed by atoms with Gasteiger partial charge in [-0.2, -0.15) is 0 Å². The fraction of sp³-hybridized carbons (Fsp3) is 0.294. The molecule has 0 saturated heterocycles. The molecule has 0 saturated carbocycles. The Kier molecular flexibility index (Phi) is 3.31. The van der Waals surface area contributed by atoms with E-state index >= 15 is 0 Å². The van der Waals surface area contributed by atoms with Crippen molar-refractivity contribution in [2.45, 2.75) is 31.8 Å². The Hall–Kier alpha value is -1.76. The maximum absolute atomic E-state index is 6.16. The van der Waals surface area contributed by atoms with E-state index in [1.165, 1.54) is 17.5 Å². The number of hydrogen-bond acceptors (Lipinski definition) is 1. The first-order valence-corrected chi connectivity index (χ1v) is 6.70. The van der Waals surface area contributed by atoms with Crippen LogP contribution in [0.5, 0.6) is 5.75 Å². The molecule has 1 nitrogen and oxygen atoms in total. The number of benzene rings is 2. The molecular formula is C17H18O. The third-order valence-corrected chi connectivity index (χ3v) is 3.54. The fourth-order valence-corrected chi connectivity index (χ4v) is 2.60. The second-order valence-corrected chi connectivity index (χ2v) is 4.93. The van der Waals surface area contributed by atoms with E-state index in [2.05, 4.69) is 54.6 Å². The van der Waals surface area contributed by atoms with E-state index in [1.54, 1.807) is 0 Å². The van der Waals surface area contributed by atoms with Crippen LogP contribution in [0.15, 0.2) is 54.6 Å². The van der Waals surface area contributed by atoms with Gasteiger partial charge >= 0.3 is 0 Å². The summed E-state index contributed by atoms with van der Waals surface area (Å²) in [4.78, 5) is 0. The van der Waals surface area contributed by atoms with Gasteiger partial charge < -0.3 is 4.74 Å². The summed E-state index contributed by atoms with van der Waals surface area (Å²) in [7, 11) is 0. The van der Waals surface area contributed by atoms with E-state index in [9.17, 15) is 0 Å². The average Bonchev–Trinajstić information content (AvgIpc) is 2.61. The molecule has 3 rings (SSSR count). The lowest BCUT2D eigenvalue weighted by molar-refractivity contribution is 0.196. The SMILES string of the molecule is c1ccc(CC2CCCc3ccccc3O2)cc1. The van der Waals surface area contributed by atoms with Crippen LogP contribution in [0.2, 0.25) is 0 Å². The molecule has 1 aliphatic rings. The molecule has 0 N–H and O–H groups in total. The third kappa shape index (κ3) is 2.56. The van der Waals surface area contributed by atoms with Crippen molar-refractivity contribution >= 4 is 0 Å². The Morgan fingerprint density at radius 2 is 1.72 bits per heavy atom. The molecule has 0 amide bonds. The van der Waals surface area contributed by atoms with Crippen LogP contribution in [0.3, 0.4) is 0 Å². The van der Waals surface area contributed by atoms with Gasteiger partial charge in [0.25, 0.3) is 0 Å². The third-order valence-electron chi connectivity index (χ3n) is 3.54. The minimum Gasteiger partial charge on any atom is -0.490 e. The quantitative estimate of drug-likeness (QED) is 0.768. The monoisotopic (exact) mass is 238 g/mol. The summed E-state index contributed by atoms with van der Waals surface area (Å²) in [5.74, 6) is 1.08. The molecule has 0 fully saturated rings. The summed E-state index contributed by atoms with van der Waals surface area (Å²) in [6.07, 6.45) is 4.82. The van der Waals surface area contributed by atoms with Crippen LogP contribution < -0.4 is 4.74 Å². The van der Waals surface area contributed by atoms with Gasteiger partial charge in [-0.25, -0.2) is 0 Å². The summed E-state index contributed by atoms with van der Waals surface area (Å²) in [6.45, 7) is 0. The van der Waals surface area contributed by atoms with Crippen molar-refractivity contribution in [3.05, 3.63) is 65.7 Å². The number of rotatable bonds is 2. The molecule has 0 radical (unpaired) electrons. The fourth-order valence-electron chi connectivity index (χ4n) is 2.60.